The van der Waals surface area contributed by atoms with Crippen LogP contribution in [0.25, 0.3) is 10.9 Å². The molecule has 1 aliphatic carbocycles. The van der Waals surface area contributed by atoms with Gasteiger partial charge in [-0.15, -0.1) is 0 Å². The van der Waals surface area contributed by atoms with Gasteiger partial charge in [-0.1, -0.05) is 30.3 Å². The number of amides is 3. The number of carbonyl (C=O) groups excluding carboxylic acids is 3. The molecule has 0 spiro atoms. The highest BCUT2D eigenvalue weighted by Gasteiger charge is 2.35. The zero-order valence-corrected chi connectivity index (χ0v) is 41.3. The molecule has 1 saturated carbocycles. The van der Waals surface area contributed by atoms with Crippen molar-refractivity contribution >= 4 is 40.5 Å². The highest BCUT2D eigenvalue weighted by molar-refractivity contribution is 5.91. The second kappa shape index (κ2) is 22.4. The van der Waals surface area contributed by atoms with Gasteiger partial charge in [-0.3, -0.25) is 10.1 Å². The van der Waals surface area contributed by atoms with Crippen LogP contribution in [0.3, 0.4) is 0 Å². The monoisotopic (exact) mass is 958 g/mol. The number of piperidine rings is 2. The minimum atomic E-state index is -4.66. The molecule has 0 radical (unpaired) electrons. The van der Waals surface area contributed by atoms with Gasteiger partial charge in [-0.05, 0) is 165 Å². The molecule has 16 heteroatoms. The summed E-state index contributed by atoms with van der Waals surface area (Å²) in [4.78, 5) is 54.8. The highest BCUT2D eigenvalue weighted by Crippen LogP contribution is 2.43. The molecule has 3 fully saturated rings. The van der Waals surface area contributed by atoms with Crippen molar-refractivity contribution in [2.24, 2.45) is 17.8 Å². The van der Waals surface area contributed by atoms with E-state index in [0.717, 1.165) is 120 Å². The molecular formula is C53H70F3N7O6. The number of likely N-dealkylation sites (tertiary alicyclic amines) is 2. The lowest BCUT2D eigenvalue weighted by molar-refractivity contribution is -0.138. The molecule has 2 saturated heterocycles. The van der Waals surface area contributed by atoms with Crippen LogP contribution < -0.4 is 15.4 Å². The SMILES string of the molecule is COc1cc2nc(C)nc(N[C@H](C)c3cc(NC(=O)OC(C)(C)C)cc(C(F)(F)F)c3)c2cc1C1CCC(C(=O)N2CCC(CCN(C)CC3CCN(C(=O)OCc4ccccc4)CC3)CC2)CC1. The number of benzene rings is 3. The number of hydrogen-bond acceptors (Lipinski definition) is 10. The van der Waals surface area contributed by atoms with Crippen molar-refractivity contribution in [1.29, 1.82) is 0 Å². The normalized spacial score (nSPS) is 19.1. The summed E-state index contributed by atoms with van der Waals surface area (Å²) in [5.74, 6) is 3.13. The van der Waals surface area contributed by atoms with Gasteiger partial charge in [-0.25, -0.2) is 19.6 Å². The van der Waals surface area contributed by atoms with Gasteiger partial charge in [0, 0.05) is 55.8 Å². The fraction of sp³-hybridized carbons (Fsp3) is 0.566. The Hall–Kier alpha value is -5.64. The van der Waals surface area contributed by atoms with Crippen molar-refractivity contribution in [3.05, 3.63) is 88.7 Å². The third-order valence-electron chi connectivity index (χ3n) is 13.9. The fourth-order valence-electron chi connectivity index (χ4n) is 10.1. The Morgan fingerprint density at radius 3 is 2.17 bits per heavy atom. The highest BCUT2D eigenvalue weighted by atomic mass is 19.4. The van der Waals surface area contributed by atoms with Crippen LogP contribution in [0.4, 0.5) is 34.3 Å². The Balaban J connectivity index is 0.894. The summed E-state index contributed by atoms with van der Waals surface area (Å²) < 4.78 is 59.1. The maximum atomic E-state index is 14.1. The molecule has 2 aliphatic heterocycles. The first kappa shape index (κ1) is 51.2. The summed E-state index contributed by atoms with van der Waals surface area (Å²) >= 11 is 0. The van der Waals surface area contributed by atoms with E-state index >= 15 is 0 Å². The molecule has 69 heavy (non-hydrogen) atoms. The first-order valence-electron chi connectivity index (χ1n) is 24.6. The van der Waals surface area contributed by atoms with Gasteiger partial charge in [0.25, 0.3) is 0 Å². The van der Waals surface area contributed by atoms with Crippen molar-refractivity contribution in [2.45, 2.75) is 123 Å². The Kier molecular flexibility index (Phi) is 16.6. The van der Waals surface area contributed by atoms with Crippen molar-refractivity contribution in [3.63, 3.8) is 0 Å². The number of nitrogens with one attached hydrogen (secondary N) is 2. The third kappa shape index (κ3) is 14.0. The molecule has 13 nitrogen and oxygen atoms in total. The number of nitrogens with zero attached hydrogens (tertiary/aromatic N) is 5. The predicted molar refractivity (Wildman–Crippen MR) is 261 cm³/mol. The summed E-state index contributed by atoms with van der Waals surface area (Å²) in [6, 6.07) is 16.5. The summed E-state index contributed by atoms with van der Waals surface area (Å²) in [7, 11) is 3.83. The molecule has 1 atom stereocenters. The van der Waals surface area contributed by atoms with E-state index in [9.17, 15) is 27.6 Å². The zero-order valence-electron chi connectivity index (χ0n) is 41.3. The number of carbonyl (C=O) groups is 3. The van der Waals surface area contributed by atoms with Crippen molar-refractivity contribution in [2.75, 3.05) is 64.1 Å². The van der Waals surface area contributed by atoms with Crippen LogP contribution in [0, 0.1) is 24.7 Å². The largest absolute Gasteiger partial charge is 0.496 e. The van der Waals surface area contributed by atoms with Crippen LogP contribution in [0.2, 0.25) is 0 Å². The molecule has 1 aromatic heterocycles. The molecule has 3 heterocycles. The average Bonchev–Trinajstić information content (AvgIpc) is 3.31. The molecule has 3 amide bonds. The lowest BCUT2D eigenvalue weighted by atomic mass is 9.77. The van der Waals surface area contributed by atoms with E-state index in [1.807, 2.05) is 47.4 Å². The summed E-state index contributed by atoms with van der Waals surface area (Å²) in [5.41, 5.74) is 1.10. The third-order valence-corrected chi connectivity index (χ3v) is 13.9. The second-order valence-electron chi connectivity index (χ2n) is 20.4. The first-order valence-corrected chi connectivity index (χ1v) is 24.6. The number of alkyl halides is 3. The Morgan fingerprint density at radius 1 is 0.855 bits per heavy atom. The number of aryl methyl sites for hydroxylation is 1. The van der Waals surface area contributed by atoms with E-state index < -0.39 is 29.5 Å². The topological polar surface area (TPSA) is 138 Å². The van der Waals surface area contributed by atoms with Gasteiger partial charge < -0.3 is 34.2 Å². The molecule has 2 N–H and O–H groups in total. The van der Waals surface area contributed by atoms with Crippen LogP contribution in [-0.2, 0) is 27.1 Å². The summed E-state index contributed by atoms with van der Waals surface area (Å²) in [5, 5.41) is 6.50. The van der Waals surface area contributed by atoms with E-state index in [0.29, 0.717) is 46.7 Å². The van der Waals surface area contributed by atoms with Crippen LogP contribution in [-0.4, -0.2) is 102 Å². The van der Waals surface area contributed by atoms with Crippen LogP contribution in [0.15, 0.2) is 60.7 Å². The Labute approximate surface area is 404 Å². The van der Waals surface area contributed by atoms with Crippen LogP contribution in [0.5, 0.6) is 5.75 Å². The van der Waals surface area contributed by atoms with Gasteiger partial charge in [0.1, 0.15) is 29.6 Å². The quantitative estimate of drug-likeness (QED) is 0.126. The van der Waals surface area contributed by atoms with E-state index in [4.69, 9.17) is 19.2 Å². The average molecular weight is 958 g/mol. The number of aromatic nitrogens is 2. The minimum absolute atomic E-state index is 0.0289. The number of rotatable bonds is 14. The van der Waals surface area contributed by atoms with Crippen molar-refractivity contribution in [3.8, 4) is 5.75 Å². The number of methoxy groups -OCH3 is 1. The molecule has 3 aromatic carbocycles. The lowest BCUT2D eigenvalue weighted by Gasteiger charge is -2.37. The fourth-order valence-corrected chi connectivity index (χ4v) is 10.1. The minimum Gasteiger partial charge on any atom is -0.496 e. The second-order valence-corrected chi connectivity index (χ2v) is 20.4. The van der Waals surface area contributed by atoms with Crippen molar-refractivity contribution < 1.29 is 41.8 Å². The molecule has 374 valence electrons. The van der Waals surface area contributed by atoms with Gasteiger partial charge in [-0.2, -0.15) is 13.2 Å². The molecule has 4 aromatic rings. The Morgan fingerprint density at radius 2 is 1.52 bits per heavy atom. The maximum absolute atomic E-state index is 14.1. The van der Waals surface area contributed by atoms with Gasteiger partial charge in [0.2, 0.25) is 5.91 Å². The van der Waals surface area contributed by atoms with Crippen LogP contribution >= 0.6 is 0 Å². The summed E-state index contributed by atoms with van der Waals surface area (Å²) in [6.45, 7) is 13.9. The van der Waals surface area contributed by atoms with Crippen LogP contribution in [0.1, 0.15) is 126 Å². The van der Waals surface area contributed by atoms with Gasteiger partial charge in [0.15, 0.2) is 0 Å². The zero-order chi connectivity index (χ0) is 49.5. The predicted octanol–water partition coefficient (Wildman–Crippen LogP) is 11.4. The number of halogens is 3. The molecule has 0 unspecified atom stereocenters. The van der Waals surface area contributed by atoms with E-state index in [1.54, 1.807) is 41.7 Å². The van der Waals surface area contributed by atoms with Crippen molar-refractivity contribution in [1.82, 2.24) is 24.7 Å². The van der Waals surface area contributed by atoms with E-state index in [-0.39, 0.29) is 35.1 Å². The maximum Gasteiger partial charge on any atom is 0.416 e. The smallest absolute Gasteiger partial charge is 0.416 e. The molecule has 7 rings (SSSR count). The van der Waals surface area contributed by atoms with Gasteiger partial charge >= 0.3 is 18.4 Å². The van der Waals surface area contributed by atoms with E-state index in [1.165, 1.54) is 6.07 Å². The summed E-state index contributed by atoms with van der Waals surface area (Å²) in [6.07, 6.45) is 2.50. The van der Waals surface area contributed by atoms with E-state index in [2.05, 4.69) is 32.5 Å². The number of hydrogen-bond donors (Lipinski definition) is 2. The Bertz CT molecular complexity index is 2390. The lowest BCUT2D eigenvalue weighted by Crippen LogP contribution is -2.43. The number of anilines is 2. The number of fused-ring (bicyclic) bond motifs is 1. The molecule has 0 bridgehead atoms. The first-order chi connectivity index (χ1) is 32.8. The van der Waals surface area contributed by atoms with Gasteiger partial charge in [0.05, 0.1) is 24.2 Å². The molecule has 3 aliphatic rings. The standard InChI is InChI=1S/C53H70F3N7O6/c1-34(41-27-42(53(54,55)56)29-43(28-41)60-50(65)69-52(3,4)5)57-48-45-30-44(47(67-7)31-46(45)58-35(2)59-48)39-13-15-40(16-14-39)49(64)62-23-18-36(19-24-62)17-22-61(6)32-37-20-25-63(26-21-37)51(66)68-33-38-11-9-8-10-12-38/h8-12,27-31,34,36-37,39-40H,13-26,32-33H2,1-7H3,(H,60,65)(H,57,58,59)/t34-,39?,40?/m1/s1. The number of ether oxygens (including phenoxy) is 3. The molecular weight excluding hydrogens is 888 g/mol.